The number of nitrogens with two attached hydrogens (primary N) is 3. The van der Waals surface area contributed by atoms with E-state index in [4.69, 9.17) is 17.2 Å². The Labute approximate surface area is 149 Å². The lowest BCUT2D eigenvalue weighted by Crippen LogP contribution is -2.59. The number of nitrogens with one attached hydrogen (secondary N) is 1. The maximum atomic E-state index is 12.3. The van der Waals surface area contributed by atoms with E-state index in [0.29, 0.717) is 23.9 Å². The number of rotatable bonds is 2. The monoisotopic (exact) mass is 353 g/mol. The number of carbonyl (C=O) groups excluding carboxylic acids is 1. The van der Waals surface area contributed by atoms with Gasteiger partial charge in [0.25, 0.3) is 0 Å². The topological polar surface area (TPSA) is 150 Å². The quantitative estimate of drug-likeness (QED) is 0.515. The molecular formula is C17H21N8O+. The molecule has 0 bridgehead atoms. The van der Waals surface area contributed by atoms with Crippen molar-refractivity contribution in [3.05, 3.63) is 24.3 Å². The van der Waals surface area contributed by atoms with Crippen molar-refractivity contribution in [2.24, 2.45) is 5.73 Å². The van der Waals surface area contributed by atoms with Gasteiger partial charge in [-0.1, -0.05) is 6.07 Å². The maximum absolute atomic E-state index is 12.3. The van der Waals surface area contributed by atoms with E-state index in [9.17, 15) is 4.79 Å². The number of nitrogen functional groups attached to an aromatic ring is 2. The highest BCUT2D eigenvalue weighted by Crippen LogP contribution is 2.35. The lowest BCUT2D eigenvalue weighted by Gasteiger charge is -2.32. The molecule has 134 valence electrons. The molecule has 0 aliphatic carbocycles. The van der Waals surface area contributed by atoms with Crippen LogP contribution in [0.5, 0.6) is 0 Å². The number of urea groups is 1. The van der Waals surface area contributed by atoms with Crippen molar-refractivity contribution in [1.82, 2.24) is 24.6 Å². The van der Waals surface area contributed by atoms with Gasteiger partial charge >= 0.3 is 6.03 Å². The van der Waals surface area contributed by atoms with Crippen LogP contribution in [0.25, 0.3) is 22.2 Å². The standard InChI is InChI=1S/C17H20N8O/c1-9-3-2-6-25(9,17(20)26)14-8-12(21-16(19)22-14)10-4-5-11-13(7-10)23-24-15(11)18/h4-5,7-9H,2-3,6H2,1H3,(H6-,18,19,20,21,22,23,24,26)/p+1/t9-,25?/m1/s1. The fourth-order valence-corrected chi connectivity index (χ4v) is 3.86. The second-order valence-corrected chi connectivity index (χ2v) is 6.76. The van der Waals surface area contributed by atoms with Crippen molar-refractivity contribution in [1.29, 1.82) is 0 Å². The van der Waals surface area contributed by atoms with E-state index >= 15 is 0 Å². The van der Waals surface area contributed by atoms with Crippen LogP contribution in [0.4, 0.5) is 22.4 Å². The Balaban J connectivity index is 1.87. The van der Waals surface area contributed by atoms with Gasteiger partial charge in [0.1, 0.15) is 6.04 Å². The fraction of sp³-hybridized carbons (Fsp3) is 0.294. The van der Waals surface area contributed by atoms with Crippen LogP contribution in [0.2, 0.25) is 0 Å². The lowest BCUT2D eigenvalue weighted by atomic mass is 10.1. The van der Waals surface area contributed by atoms with Crippen molar-refractivity contribution < 1.29 is 4.79 Å². The molecule has 7 N–H and O–H groups in total. The highest BCUT2D eigenvalue weighted by Gasteiger charge is 2.48. The minimum Gasteiger partial charge on any atom is -0.382 e. The second kappa shape index (κ2) is 5.67. The zero-order valence-electron chi connectivity index (χ0n) is 14.4. The number of aromatic nitrogens is 4. The van der Waals surface area contributed by atoms with Crippen LogP contribution in [0.1, 0.15) is 19.8 Å². The largest absolute Gasteiger partial charge is 0.420 e. The van der Waals surface area contributed by atoms with E-state index in [1.165, 1.54) is 0 Å². The molecule has 2 aromatic heterocycles. The molecule has 0 saturated carbocycles. The van der Waals surface area contributed by atoms with Crippen molar-refractivity contribution in [2.45, 2.75) is 25.8 Å². The number of fused-ring (bicyclic) bond motifs is 1. The van der Waals surface area contributed by atoms with E-state index in [1.54, 1.807) is 6.07 Å². The number of anilines is 2. The third kappa shape index (κ3) is 2.28. The molecule has 1 fully saturated rings. The van der Waals surface area contributed by atoms with Gasteiger partial charge in [0, 0.05) is 29.9 Å². The van der Waals surface area contributed by atoms with Crippen molar-refractivity contribution in [2.75, 3.05) is 18.0 Å². The van der Waals surface area contributed by atoms with E-state index < -0.39 is 6.03 Å². The molecule has 0 radical (unpaired) electrons. The Bertz CT molecular complexity index is 1010. The van der Waals surface area contributed by atoms with Crippen LogP contribution < -0.4 is 21.7 Å². The first-order valence-electron chi connectivity index (χ1n) is 8.48. The Morgan fingerprint density at radius 1 is 1.27 bits per heavy atom. The third-order valence-corrected chi connectivity index (χ3v) is 5.31. The van der Waals surface area contributed by atoms with Gasteiger partial charge in [-0.25, -0.2) is 9.78 Å². The molecule has 9 heteroatoms. The summed E-state index contributed by atoms with van der Waals surface area (Å²) in [7, 11) is 0. The smallest absolute Gasteiger partial charge is 0.382 e. The van der Waals surface area contributed by atoms with Crippen LogP contribution in [0.15, 0.2) is 24.3 Å². The van der Waals surface area contributed by atoms with Gasteiger partial charge in [0.15, 0.2) is 5.82 Å². The van der Waals surface area contributed by atoms with Crippen LogP contribution in [0, 0.1) is 0 Å². The lowest BCUT2D eigenvalue weighted by molar-refractivity contribution is 0.204. The first kappa shape index (κ1) is 16.3. The van der Waals surface area contributed by atoms with Crippen LogP contribution >= 0.6 is 0 Å². The Morgan fingerprint density at radius 2 is 2.08 bits per heavy atom. The minimum atomic E-state index is -0.421. The molecule has 3 heterocycles. The SMILES string of the molecule is C[C@@H]1CCC[N+]1(C(N)=O)c1cc(-c2ccc3c(N)n[nH]c3c2)nc(N)n1. The Hall–Kier alpha value is -3.20. The van der Waals surface area contributed by atoms with Crippen LogP contribution in [-0.2, 0) is 0 Å². The molecule has 26 heavy (non-hydrogen) atoms. The number of quaternary nitrogens is 1. The summed E-state index contributed by atoms with van der Waals surface area (Å²) in [5, 5.41) is 7.73. The highest BCUT2D eigenvalue weighted by atomic mass is 16.2. The zero-order valence-corrected chi connectivity index (χ0v) is 14.4. The Morgan fingerprint density at radius 3 is 2.77 bits per heavy atom. The number of amides is 2. The normalized spacial score (nSPS) is 22.7. The van der Waals surface area contributed by atoms with Gasteiger partial charge in [0.2, 0.25) is 11.8 Å². The van der Waals surface area contributed by atoms with Crippen molar-refractivity contribution in [3.8, 4) is 11.3 Å². The van der Waals surface area contributed by atoms with Crippen molar-refractivity contribution >= 4 is 34.5 Å². The molecule has 9 nitrogen and oxygen atoms in total. The molecule has 2 amide bonds. The molecular weight excluding hydrogens is 332 g/mol. The minimum absolute atomic E-state index is 0.00102. The summed E-state index contributed by atoms with van der Waals surface area (Å²) in [6.45, 7) is 2.62. The number of H-pyrrole nitrogens is 1. The molecule has 4 rings (SSSR count). The third-order valence-electron chi connectivity index (χ3n) is 5.31. The average molecular weight is 353 g/mol. The number of nitrogens with zero attached hydrogens (tertiary/aromatic N) is 4. The summed E-state index contributed by atoms with van der Waals surface area (Å²) in [5.41, 5.74) is 19.8. The number of likely N-dealkylation sites (tertiary alicyclic amines) is 1. The first-order valence-corrected chi connectivity index (χ1v) is 8.48. The number of aromatic amines is 1. The van der Waals surface area contributed by atoms with Gasteiger partial charge in [-0.3, -0.25) is 5.10 Å². The number of carbonyl (C=O) groups is 1. The number of primary amides is 1. The zero-order chi connectivity index (χ0) is 18.5. The molecule has 1 saturated heterocycles. The summed E-state index contributed by atoms with van der Waals surface area (Å²) in [6.07, 6.45) is 1.81. The van der Waals surface area contributed by atoms with Gasteiger partial charge < -0.3 is 17.2 Å². The predicted octanol–water partition coefficient (Wildman–Crippen LogP) is 1.75. The van der Waals surface area contributed by atoms with E-state index in [-0.39, 0.29) is 16.5 Å². The van der Waals surface area contributed by atoms with E-state index in [2.05, 4.69) is 20.2 Å². The molecule has 1 aliphatic rings. The molecule has 1 unspecified atom stereocenters. The average Bonchev–Trinajstić information content (AvgIpc) is 3.18. The maximum Gasteiger partial charge on any atom is 0.420 e. The van der Waals surface area contributed by atoms with E-state index in [1.807, 2.05) is 25.1 Å². The molecule has 1 aliphatic heterocycles. The summed E-state index contributed by atoms with van der Waals surface area (Å²) < 4.78 is -0.00102. The summed E-state index contributed by atoms with van der Waals surface area (Å²) in [4.78, 5) is 21.0. The second-order valence-electron chi connectivity index (χ2n) is 6.76. The predicted molar refractivity (Wildman–Crippen MR) is 101 cm³/mol. The number of hydrogen-bond acceptors (Lipinski definition) is 6. The van der Waals surface area contributed by atoms with Gasteiger partial charge in [0.05, 0.1) is 17.8 Å². The van der Waals surface area contributed by atoms with Crippen molar-refractivity contribution in [3.63, 3.8) is 0 Å². The summed E-state index contributed by atoms with van der Waals surface area (Å²) in [6, 6.07) is 7.08. The number of hydrogen-bond donors (Lipinski definition) is 4. The molecule has 2 atom stereocenters. The van der Waals surface area contributed by atoms with Gasteiger partial charge in [-0.2, -0.15) is 14.6 Å². The molecule has 1 aromatic carbocycles. The number of benzene rings is 1. The fourth-order valence-electron chi connectivity index (χ4n) is 3.86. The summed E-state index contributed by atoms with van der Waals surface area (Å²) >= 11 is 0. The summed E-state index contributed by atoms with van der Waals surface area (Å²) in [5.74, 6) is 1.09. The van der Waals surface area contributed by atoms with Crippen LogP contribution in [0.3, 0.4) is 0 Å². The van der Waals surface area contributed by atoms with Crippen LogP contribution in [-0.4, -0.2) is 38.8 Å². The highest BCUT2D eigenvalue weighted by molar-refractivity contribution is 5.92. The Kier molecular flexibility index (Phi) is 3.55. The first-order chi connectivity index (χ1) is 12.4. The van der Waals surface area contributed by atoms with Gasteiger partial charge in [-0.05, 0) is 19.1 Å². The van der Waals surface area contributed by atoms with E-state index in [0.717, 1.165) is 29.3 Å². The molecule has 0 spiro atoms. The van der Waals surface area contributed by atoms with Gasteiger partial charge in [-0.15, -0.1) is 0 Å². The molecule has 3 aromatic rings.